The third kappa shape index (κ3) is 5.64. The Balaban J connectivity index is 1.08. The Bertz CT molecular complexity index is 2170. The molecule has 0 atom stereocenters. The molecule has 3 aromatic heterocycles. The SMILES string of the molecule is CCc1nnc(-c2ccc(-c3ccc(-c4nc5ccccc5nc4-c4ccc(-c5ccc(-c6nnc(CC)o6)cc5)cc4)cc3)cc2)o1. The van der Waals surface area contributed by atoms with E-state index >= 15 is 0 Å². The zero-order valence-electron chi connectivity index (χ0n) is 26.5. The number of benzene rings is 5. The highest BCUT2D eigenvalue weighted by Gasteiger charge is 2.15. The monoisotopic (exact) mass is 626 g/mol. The van der Waals surface area contributed by atoms with Crippen LogP contribution in [0.4, 0.5) is 0 Å². The first-order chi connectivity index (χ1) is 23.6. The number of hydrogen-bond donors (Lipinski definition) is 0. The first kappa shape index (κ1) is 29.1. The summed E-state index contributed by atoms with van der Waals surface area (Å²) in [7, 11) is 0. The van der Waals surface area contributed by atoms with Crippen molar-refractivity contribution in [1.82, 2.24) is 30.4 Å². The van der Waals surface area contributed by atoms with Gasteiger partial charge in [-0.25, -0.2) is 9.97 Å². The molecule has 0 unspecified atom stereocenters. The molecule has 0 spiro atoms. The van der Waals surface area contributed by atoms with Crippen LogP contribution in [0.25, 0.3) is 78.7 Å². The zero-order chi connectivity index (χ0) is 32.5. The van der Waals surface area contributed by atoms with Crippen LogP contribution >= 0.6 is 0 Å². The van der Waals surface area contributed by atoms with Crippen LogP contribution in [-0.2, 0) is 12.8 Å². The molecular formula is C40H30N6O2. The lowest BCUT2D eigenvalue weighted by atomic mass is 9.97. The van der Waals surface area contributed by atoms with Gasteiger partial charge in [0.2, 0.25) is 23.6 Å². The van der Waals surface area contributed by atoms with Gasteiger partial charge in [-0.1, -0.05) is 98.8 Å². The average Bonchev–Trinajstić information content (AvgIpc) is 3.85. The second kappa shape index (κ2) is 12.5. The minimum atomic E-state index is 0.535. The van der Waals surface area contributed by atoms with E-state index in [1.807, 2.05) is 62.4 Å². The Morgan fingerprint density at radius 1 is 0.375 bits per heavy atom. The van der Waals surface area contributed by atoms with E-state index in [1.165, 1.54) is 0 Å². The number of aromatic nitrogens is 6. The van der Waals surface area contributed by atoms with Crippen molar-refractivity contribution < 1.29 is 8.83 Å². The summed E-state index contributed by atoms with van der Waals surface area (Å²) in [6.45, 7) is 3.99. The number of para-hydroxylation sites is 2. The highest BCUT2D eigenvalue weighted by molar-refractivity contribution is 5.87. The van der Waals surface area contributed by atoms with Crippen LogP contribution in [-0.4, -0.2) is 30.4 Å². The molecule has 0 saturated carbocycles. The number of rotatable bonds is 8. The molecule has 8 nitrogen and oxygen atoms in total. The molecule has 48 heavy (non-hydrogen) atoms. The lowest BCUT2D eigenvalue weighted by Gasteiger charge is -2.12. The van der Waals surface area contributed by atoms with Gasteiger partial charge in [-0.3, -0.25) is 0 Å². The molecule has 0 radical (unpaired) electrons. The van der Waals surface area contributed by atoms with E-state index in [1.54, 1.807) is 0 Å². The number of fused-ring (bicyclic) bond motifs is 1. The largest absolute Gasteiger partial charge is 0.421 e. The number of hydrogen-bond acceptors (Lipinski definition) is 8. The lowest BCUT2D eigenvalue weighted by molar-refractivity contribution is 0.512. The topological polar surface area (TPSA) is 104 Å². The molecule has 0 saturated heterocycles. The van der Waals surface area contributed by atoms with Gasteiger partial charge < -0.3 is 8.83 Å². The summed E-state index contributed by atoms with van der Waals surface area (Å²) in [6, 6.07) is 41.3. The smallest absolute Gasteiger partial charge is 0.247 e. The van der Waals surface area contributed by atoms with Gasteiger partial charge in [-0.2, -0.15) is 0 Å². The second-order valence-electron chi connectivity index (χ2n) is 11.4. The first-order valence-electron chi connectivity index (χ1n) is 16.0. The Hall–Kier alpha value is -6.28. The van der Waals surface area contributed by atoms with E-state index in [2.05, 4.69) is 93.2 Å². The summed E-state index contributed by atoms with van der Waals surface area (Å²) in [5.74, 6) is 2.34. The van der Waals surface area contributed by atoms with Crippen molar-refractivity contribution in [1.29, 1.82) is 0 Å². The maximum atomic E-state index is 5.72. The highest BCUT2D eigenvalue weighted by Crippen LogP contribution is 2.34. The second-order valence-corrected chi connectivity index (χ2v) is 11.4. The van der Waals surface area contributed by atoms with Crippen LogP contribution in [0.15, 0.2) is 130 Å². The van der Waals surface area contributed by atoms with E-state index in [9.17, 15) is 0 Å². The van der Waals surface area contributed by atoms with Gasteiger partial charge in [-0.05, 0) is 58.7 Å². The molecule has 8 heteroatoms. The van der Waals surface area contributed by atoms with Crippen molar-refractivity contribution in [2.24, 2.45) is 0 Å². The Morgan fingerprint density at radius 3 is 1.00 bits per heavy atom. The van der Waals surface area contributed by atoms with Gasteiger partial charge >= 0.3 is 0 Å². The van der Waals surface area contributed by atoms with Crippen LogP contribution in [0, 0.1) is 0 Å². The van der Waals surface area contributed by atoms with Crippen molar-refractivity contribution in [2.45, 2.75) is 26.7 Å². The van der Waals surface area contributed by atoms with Crippen LogP contribution in [0.3, 0.4) is 0 Å². The molecular weight excluding hydrogens is 596 g/mol. The van der Waals surface area contributed by atoms with Gasteiger partial charge in [0.1, 0.15) is 0 Å². The van der Waals surface area contributed by atoms with Crippen LogP contribution < -0.4 is 0 Å². The van der Waals surface area contributed by atoms with E-state index in [0.717, 1.165) is 66.9 Å². The Labute approximate surface area is 277 Å². The van der Waals surface area contributed by atoms with Crippen LogP contribution in [0.5, 0.6) is 0 Å². The fourth-order valence-electron chi connectivity index (χ4n) is 5.68. The summed E-state index contributed by atoms with van der Waals surface area (Å²) in [6.07, 6.45) is 1.43. The molecule has 232 valence electrons. The van der Waals surface area contributed by atoms with Gasteiger partial charge in [0.05, 0.1) is 22.4 Å². The Kier molecular flexibility index (Phi) is 7.58. The summed E-state index contributed by atoms with van der Waals surface area (Å²) in [5, 5.41) is 16.5. The predicted octanol–water partition coefficient (Wildman–Crippen LogP) is 9.52. The van der Waals surface area contributed by atoms with E-state index in [4.69, 9.17) is 18.8 Å². The maximum Gasteiger partial charge on any atom is 0.247 e. The fourth-order valence-corrected chi connectivity index (χ4v) is 5.68. The van der Waals surface area contributed by atoms with Crippen molar-refractivity contribution in [3.63, 3.8) is 0 Å². The summed E-state index contributed by atoms with van der Waals surface area (Å²) >= 11 is 0. The third-order valence-electron chi connectivity index (χ3n) is 8.36. The minimum Gasteiger partial charge on any atom is -0.421 e. The molecule has 8 rings (SSSR count). The lowest BCUT2D eigenvalue weighted by Crippen LogP contribution is -1.95. The van der Waals surface area contributed by atoms with Crippen molar-refractivity contribution in [3.8, 4) is 67.7 Å². The van der Waals surface area contributed by atoms with Crippen molar-refractivity contribution in [2.75, 3.05) is 0 Å². The summed E-state index contributed by atoms with van der Waals surface area (Å²) < 4.78 is 11.4. The predicted molar refractivity (Wildman–Crippen MR) is 187 cm³/mol. The molecule has 0 aliphatic carbocycles. The maximum absolute atomic E-state index is 5.72. The van der Waals surface area contributed by atoms with Gasteiger partial charge in [0, 0.05) is 35.1 Å². The van der Waals surface area contributed by atoms with Crippen molar-refractivity contribution >= 4 is 11.0 Å². The molecule has 8 aromatic rings. The van der Waals surface area contributed by atoms with Gasteiger partial charge in [0.25, 0.3) is 0 Å². The van der Waals surface area contributed by atoms with Crippen LogP contribution in [0.1, 0.15) is 25.6 Å². The van der Waals surface area contributed by atoms with Crippen molar-refractivity contribution in [3.05, 3.63) is 133 Å². The summed E-state index contributed by atoms with van der Waals surface area (Å²) in [4.78, 5) is 10.2. The molecule has 0 aliphatic heterocycles. The third-order valence-corrected chi connectivity index (χ3v) is 8.36. The number of aryl methyl sites for hydroxylation is 2. The highest BCUT2D eigenvalue weighted by atomic mass is 16.4. The van der Waals surface area contributed by atoms with Gasteiger partial charge in [0.15, 0.2) is 0 Å². The fraction of sp³-hybridized carbons (Fsp3) is 0.100. The quantitative estimate of drug-likeness (QED) is 0.164. The normalized spacial score (nSPS) is 11.3. The molecule has 5 aromatic carbocycles. The summed E-state index contributed by atoms with van der Waals surface area (Å²) in [5.41, 5.74) is 11.5. The standard InChI is InChI=1S/C40H30N6O2/c1-3-35-43-45-39(47-35)31-21-13-27(14-22-31)25-9-17-29(18-10-25)37-38(42-34-8-6-5-7-33(34)41-37)30-19-11-26(12-20-30)28-15-23-32(24-16-28)40-46-44-36(4-2)48-40/h5-24H,3-4H2,1-2H3. The van der Waals surface area contributed by atoms with E-state index in [-0.39, 0.29) is 0 Å². The molecule has 3 heterocycles. The van der Waals surface area contributed by atoms with Crippen LogP contribution in [0.2, 0.25) is 0 Å². The van der Waals surface area contributed by atoms with Gasteiger partial charge in [-0.15, -0.1) is 20.4 Å². The van der Waals surface area contributed by atoms with E-state index < -0.39 is 0 Å². The first-order valence-corrected chi connectivity index (χ1v) is 16.0. The Morgan fingerprint density at radius 2 is 0.688 bits per heavy atom. The van der Waals surface area contributed by atoms with E-state index in [0.29, 0.717) is 36.4 Å². The minimum absolute atomic E-state index is 0.535. The molecule has 0 fully saturated rings. The molecule has 0 amide bonds. The zero-order valence-corrected chi connectivity index (χ0v) is 26.5. The average molecular weight is 627 g/mol. The number of nitrogens with zero attached hydrogens (tertiary/aromatic N) is 6. The molecule has 0 bridgehead atoms. The molecule has 0 N–H and O–H groups in total. The molecule has 0 aliphatic rings.